The lowest BCUT2D eigenvalue weighted by molar-refractivity contribution is 0.510. The predicted molar refractivity (Wildman–Crippen MR) is 55.8 cm³/mol. The van der Waals surface area contributed by atoms with Crippen LogP contribution in [0.3, 0.4) is 0 Å². The van der Waals surface area contributed by atoms with Gasteiger partial charge in [-0.1, -0.05) is 33.3 Å². The van der Waals surface area contributed by atoms with Crippen molar-refractivity contribution in [1.82, 2.24) is 0 Å². The lowest BCUT2D eigenvalue weighted by Crippen LogP contribution is -2.10. The van der Waals surface area contributed by atoms with Crippen LogP contribution in [0.2, 0.25) is 0 Å². The summed E-state index contributed by atoms with van der Waals surface area (Å²) in [5, 5.41) is 0. The second-order valence-electron chi connectivity index (χ2n) is 4.16. The first-order valence-corrected chi connectivity index (χ1v) is 4.52. The van der Waals surface area contributed by atoms with Crippen LogP contribution in [0.15, 0.2) is 23.4 Å². The van der Waals surface area contributed by atoms with Gasteiger partial charge in [0, 0.05) is 0 Å². The summed E-state index contributed by atoms with van der Waals surface area (Å²) in [4.78, 5) is 0. The number of hydrogen-bond acceptors (Lipinski definition) is 1. The molecule has 0 aromatic carbocycles. The molecule has 0 aliphatic carbocycles. The van der Waals surface area contributed by atoms with Gasteiger partial charge in [0.2, 0.25) is 0 Å². The zero-order valence-electron chi connectivity index (χ0n) is 8.94. The van der Waals surface area contributed by atoms with Crippen molar-refractivity contribution in [3.63, 3.8) is 0 Å². The Morgan fingerprint density at radius 3 is 2.08 bits per heavy atom. The van der Waals surface area contributed by atoms with Crippen LogP contribution in [-0.4, -0.2) is 0 Å². The summed E-state index contributed by atoms with van der Waals surface area (Å²) < 4.78 is 0. The molecule has 1 nitrogen and oxygen atoms in total. The molecule has 0 aromatic heterocycles. The highest BCUT2D eigenvalue weighted by molar-refractivity contribution is 5.29. The van der Waals surface area contributed by atoms with E-state index in [-0.39, 0.29) is 5.41 Å². The Morgan fingerprint density at radius 1 is 1.33 bits per heavy atom. The maximum atomic E-state index is 5.40. The van der Waals surface area contributed by atoms with Crippen LogP contribution in [-0.2, 0) is 0 Å². The molecule has 0 spiro atoms. The van der Waals surface area contributed by atoms with Crippen molar-refractivity contribution in [3.8, 4) is 0 Å². The lowest BCUT2D eigenvalue weighted by Gasteiger charge is -2.22. The van der Waals surface area contributed by atoms with Gasteiger partial charge >= 0.3 is 0 Å². The molecule has 0 bridgehead atoms. The van der Waals surface area contributed by atoms with Gasteiger partial charge in [-0.3, -0.25) is 0 Å². The standard InChI is InChI=1S/C11H21N/c1-6-9(2)10(7-8-12)11(3,4)5/h7-8H,6,12H2,1-5H3/b8-7-,10-9-. The Morgan fingerprint density at radius 2 is 1.83 bits per heavy atom. The first-order chi connectivity index (χ1) is 5.43. The Kier molecular flexibility index (Phi) is 4.08. The summed E-state index contributed by atoms with van der Waals surface area (Å²) in [5.41, 5.74) is 8.38. The molecule has 0 atom stereocenters. The number of rotatable bonds is 2. The maximum absolute atomic E-state index is 5.40. The largest absolute Gasteiger partial charge is 0.405 e. The molecule has 0 radical (unpaired) electrons. The monoisotopic (exact) mass is 167 g/mol. The average molecular weight is 167 g/mol. The van der Waals surface area contributed by atoms with E-state index >= 15 is 0 Å². The van der Waals surface area contributed by atoms with E-state index in [4.69, 9.17) is 5.73 Å². The molecule has 0 heterocycles. The molecule has 70 valence electrons. The molecule has 1 heteroatoms. The van der Waals surface area contributed by atoms with Gasteiger partial charge in [-0.15, -0.1) is 0 Å². The molecule has 0 saturated carbocycles. The van der Waals surface area contributed by atoms with E-state index in [0.717, 1.165) is 6.42 Å². The summed E-state index contributed by atoms with van der Waals surface area (Å²) in [6.45, 7) is 11.0. The molecule has 0 rings (SSSR count). The molecule has 0 aromatic rings. The normalized spacial score (nSPS) is 15.1. The highest BCUT2D eigenvalue weighted by Gasteiger charge is 2.15. The first-order valence-electron chi connectivity index (χ1n) is 4.52. The minimum Gasteiger partial charge on any atom is -0.405 e. The van der Waals surface area contributed by atoms with Crippen molar-refractivity contribution in [1.29, 1.82) is 0 Å². The van der Waals surface area contributed by atoms with Gasteiger partial charge in [0.05, 0.1) is 0 Å². The molecule has 0 fully saturated rings. The third kappa shape index (κ3) is 3.12. The van der Waals surface area contributed by atoms with Crippen LogP contribution in [0.1, 0.15) is 41.0 Å². The Labute approximate surface area is 76.3 Å². The van der Waals surface area contributed by atoms with Crippen LogP contribution in [0, 0.1) is 5.41 Å². The predicted octanol–water partition coefficient (Wildman–Crippen LogP) is 3.23. The van der Waals surface area contributed by atoms with Crippen LogP contribution < -0.4 is 5.73 Å². The topological polar surface area (TPSA) is 26.0 Å². The van der Waals surface area contributed by atoms with Crippen molar-refractivity contribution >= 4 is 0 Å². The molecule has 12 heavy (non-hydrogen) atoms. The number of allylic oxidation sites excluding steroid dienone is 3. The fraction of sp³-hybridized carbons (Fsp3) is 0.636. The summed E-state index contributed by atoms with van der Waals surface area (Å²) in [6, 6.07) is 0. The van der Waals surface area contributed by atoms with Gasteiger partial charge < -0.3 is 5.73 Å². The minimum absolute atomic E-state index is 0.204. The quantitative estimate of drug-likeness (QED) is 0.628. The van der Waals surface area contributed by atoms with Gasteiger partial charge in [0.1, 0.15) is 0 Å². The van der Waals surface area contributed by atoms with E-state index in [9.17, 15) is 0 Å². The molecular weight excluding hydrogens is 146 g/mol. The van der Waals surface area contributed by atoms with E-state index in [1.165, 1.54) is 11.1 Å². The van der Waals surface area contributed by atoms with E-state index in [2.05, 4.69) is 34.6 Å². The molecule has 2 N–H and O–H groups in total. The highest BCUT2D eigenvalue weighted by Crippen LogP contribution is 2.29. The molecule has 0 amide bonds. The smallest absolute Gasteiger partial charge is 0.00594 e. The van der Waals surface area contributed by atoms with Gasteiger partial charge in [0.15, 0.2) is 0 Å². The fourth-order valence-corrected chi connectivity index (χ4v) is 1.32. The molecule has 0 saturated heterocycles. The molecular formula is C11H21N. The lowest BCUT2D eigenvalue weighted by atomic mass is 9.83. The van der Waals surface area contributed by atoms with Crippen molar-refractivity contribution < 1.29 is 0 Å². The SMILES string of the molecule is CC/C(C)=C(/C=C\N)C(C)(C)C. The van der Waals surface area contributed by atoms with Crippen molar-refractivity contribution in [2.75, 3.05) is 0 Å². The Hall–Kier alpha value is -0.720. The average Bonchev–Trinajstić information content (AvgIpc) is 1.96. The summed E-state index contributed by atoms with van der Waals surface area (Å²) in [5.74, 6) is 0. The second-order valence-corrected chi connectivity index (χ2v) is 4.16. The van der Waals surface area contributed by atoms with Crippen molar-refractivity contribution in [2.45, 2.75) is 41.0 Å². The number of nitrogens with two attached hydrogens (primary N) is 1. The second kappa shape index (κ2) is 4.34. The van der Waals surface area contributed by atoms with E-state index in [0.29, 0.717) is 0 Å². The van der Waals surface area contributed by atoms with Gasteiger partial charge in [0.25, 0.3) is 0 Å². The van der Waals surface area contributed by atoms with E-state index in [1.807, 2.05) is 6.08 Å². The first kappa shape index (κ1) is 11.3. The van der Waals surface area contributed by atoms with Crippen LogP contribution >= 0.6 is 0 Å². The zero-order chi connectivity index (χ0) is 9.78. The molecule has 0 unspecified atom stereocenters. The van der Waals surface area contributed by atoms with Gasteiger partial charge in [-0.25, -0.2) is 0 Å². The summed E-state index contributed by atoms with van der Waals surface area (Å²) in [6.07, 6.45) is 4.73. The van der Waals surface area contributed by atoms with Gasteiger partial charge in [-0.05, 0) is 36.6 Å². The van der Waals surface area contributed by atoms with E-state index in [1.54, 1.807) is 6.20 Å². The van der Waals surface area contributed by atoms with Crippen LogP contribution in [0.25, 0.3) is 0 Å². The van der Waals surface area contributed by atoms with E-state index < -0.39 is 0 Å². The van der Waals surface area contributed by atoms with Gasteiger partial charge in [-0.2, -0.15) is 0 Å². The third-order valence-electron chi connectivity index (χ3n) is 2.06. The zero-order valence-corrected chi connectivity index (χ0v) is 8.94. The third-order valence-corrected chi connectivity index (χ3v) is 2.06. The Bertz CT molecular complexity index is 192. The van der Waals surface area contributed by atoms with Crippen molar-refractivity contribution in [3.05, 3.63) is 23.4 Å². The van der Waals surface area contributed by atoms with Crippen molar-refractivity contribution in [2.24, 2.45) is 11.1 Å². The maximum Gasteiger partial charge on any atom is -0.00594 e. The molecule has 0 aliphatic rings. The highest BCUT2D eigenvalue weighted by atomic mass is 14.5. The minimum atomic E-state index is 0.204. The molecule has 0 aliphatic heterocycles. The fourth-order valence-electron chi connectivity index (χ4n) is 1.32. The number of hydrogen-bond donors (Lipinski definition) is 1. The summed E-state index contributed by atoms with van der Waals surface area (Å²) in [7, 11) is 0. The Balaban J connectivity index is 4.92. The van der Waals surface area contributed by atoms with Crippen LogP contribution in [0.5, 0.6) is 0 Å². The summed E-state index contributed by atoms with van der Waals surface area (Å²) >= 11 is 0. The van der Waals surface area contributed by atoms with Crippen LogP contribution in [0.4, 0.5) is 0 Å².